The highest BCUT2D eigenvalue weighted by atomic mass is 16.6. The van der Waals surface area contributed by atoms with Gasteiger partial charge in [0.15, 0.2) is 0 Å². The largest absolute Gasteiger partial charge is 0.444 e. The van der Waals surface area contributed by atoms with Gasteiger partial charge in [0.05, 0.1) is 0 Å². The van der Waals surface area contributed by atoms with Gasteiger partial charge in [0.2, 0.25) is 0 Å². The van der Waals surface area contributed by atoms with Crippen molar-refractivity contribution in [3.05, 3.63) is 71.8 Å². The Labute approximate surface area is 199 Å². The lowest BCUT2D eigenvalue weighted by molar-refractivity contribution is 0.0173. The minimum atomic E-state index is -0.416. The van der Waals surface area contributed by atoms with E-state index in [-0.39, 0.29) is 6.09 Å². The van der Waals surface area contributed by atoms with Gasteiger partial charge in [-0.1, -0.05) is 60.7 Å². The third-order valence-corrected chi connectivity index (χ3v) is 7.09. The summed E-state index contributed by atoms with van der Waals surface area (Å²) in [6.07, 6.45) is 4.74. The van der Waals surface area contributed by atoms with E-state index in [2.05, 4.69) is 65.6 Å². The van der Waals surface area contributed by atoms with Crippen molar-refractivity contribution < 1.29 is 9.53 Å². The van der Waals surface area contributed by atoms with Gasteiger partial charge >= 0.3 is 6.09 Å². The van der Waals surface area contributed by atoms with Crippen LogP contribution in [-0.4, -0.2) is 41.1 Å². The van der Waals surface area contributed by atoms with Gasteiger partial charge in [-0.2, -0.15) is 0 Å². The first-order chi connectivity index (χ1) is 15.9. The Bertz CT molecular complexity index is 828. The van der Waals surface area contributed by atoms with Crippen molar-refractivity contribution in [2.75, 3.05) is 19.6 Å². The summed E-state index contributed by atoms with van der Waals surface area (Å²) < 4.78 is 5.55. The molecule has 4 rings (SSSR count). The van der Waals surface area contributed by atoms with E-state index in [0.717, 1.165) is 63.3 Å². The number of carbonyl (C=O) groups excluding carboxylic acids is 1. The maximum Gasteiger partial charge on any atom is 0.410 e. The number of amides is 1. The van der Waals surface area contributed by atoms with Crippen LogP contribution in [0.1, 0.15) is 57.6 Å². The van der Waals surface area contributed by atoms with E-state index in [1.807, 2.05) is 25.7 Å². The van der Waals surface area contributed by atoms with Crippen LogP contribution in [0.2, 0.25) is 0 Å². The molecule has 1 aliphatic heterocycles. The number of carbonyl (C=O) groups is 1. The molecule has 2 aromatic carbocycles. The van der Waals surface area contributed by atoms with Crippen LogP contribution in [-0.2, 0) is 17.8 Å². The van der Waals surface area contributed by atoms with Crippen molar-refractivity contribution in [2.45, 2.75) is 65.1 Å². The topological polar surface area (TPSA) is 32.8 Å². The van der Waals surface area contributed by atoms with Crippen LogP contribution in [0.15, 0.2) is 60.7 Å². The van der Waals surface area contributed by atoms with E-state index in [4.69, 9.17) is 4.74 Å². The summed E-state index contributed by atoms with van der Waals surface area (Å²) in [5.74, 6) is 2.46. The molecule has 1 saturated heterocycles. The average Bonchev–Trinajstić information content (AvgIpc) is 3.58. The Kier molecular flexibility index (Phi) is 7.75. The summed E-state index contributed by atoms with van der Waals surface area (Å²) in [6.45, 7) is 10.6. The molecule has 4 nitrogen and oxygen atoms in total. The van der Waals surface area contributed by atoms with E-state index in [1.54, 1.807) is 0 Å². The zero-order valence-electron chi connectivity index (χ0n) is 20.6. The SMILES string of the molecule is CC(C)(C)OC(=O)N1CCC([C@H]2C[C@@H]2CCN(Cc2ccccc2)Cc2ccccc2)CC1. The summed E-state index contributed by atoms with van der Waals surface area (Å²) in [7, 11) is 0. The van der Waals surface area contributed by atoms with E-state index < -0.39 is 5.60 Å². The maximum atomic E-state index is 12.3. The number of rotatable bonds is 8. The maximum absolute atomic E-state index is 12.3. The van der Waals surface area contributed by atoms with Crippen LogP contribution in [0.4, 0.5) is 4.79 Å². The lowest BCUT2D eigenvalue weighted by Crippen LogP contribution is -2.42. The monoisotopic (exact) mass is 448 g/mol. The first-order valence-corrected chi connectivity index (χ1v) is 12.7. The molecule has 1 aliphatic carbocycles. The number of hydrogen-bond donors (Lipinski definition) is 0. The summed E-state index contributed by atoms with van der Waals surface area (Å²) in [4.78, 5) is 16.9. The van der Waals surface area contributed by atoms with Crippen LogP contribution in [0.25, 0.3) is 0 Å². The van der Waals surface area contributed by atoms with Crippen LogP contribution >= 0.6 is 0 Å². The molecule has 0 unspecified atom stereocenters. The molecule has 2 aliphatic rings. The van der Waals surface area contributed by atoms with Crippen LogP contribution in [0.5, 0.6) is 0 Å². The number of hydrogen-bond acceptors (Lipinski definition) is 3. The van der Waals surface area contributed by atoms with Crippen LogP contribution < -0.4 is 0 Å². The Morgan fingerprint density at radius 3 is 2.00 bits per heavy atom. The molecule has 4 heteroatoms. The van der Waals surface area contributed by atoms with Crippen LogP contribution in [0, 0.1) is 17.8 Å². The Balaban J connectivity index is 1.24. The molecule has 1 amide bonds. The van der Waals surface area contributed by atoms with Gasteiger partial charge in [-0.25, -0.2) is 4.79 Å². The quantitative estimate of drug-likeness (QED) is 0.471. The van der Waals surface area contributed by atoms with Gasteiger partial charge in [0.1, 0.15) is 5.60 Å². The minimum absolute atomic E-state index is 0.147. The van der Waals surface area contributed by atoms with Crippen molar-refractivity contribution in [1.29, 1.82) is 0 Å². The summed E-state index contributed by atoms with van der Waals surface area (Å²) >= 11 is 0. The second-order valence-electron chi connectivity index (χ2n) is 10.9. The zero-order chi connectivity index (χ0) is 23.3. The molecular formula is C29H40N2O2. The zero-order valence-corrected chi connectivity index (χ0v) is 20.6. The second kappa shape index (κ2) is 10.7. The number of piperidine rings is 1. The smallest absolute Gasteiger partial charge is 0.410 e. The van der Waals surface area contributed by atoms with Crippen molar-refractivity contribution in [3.8, 4) is 0 Å². The fraction of sp³-hybridized carbons (Fsp3) is 0.552. The fourth-order valence-electron chi connectivity index (χ4n) is 5.26. The molecule has 33 heavy (non-hydrogen) atoms. The molecule has 0 aromatic heterocycles. The van der Waals surface area contributed by atoms with Gasteiger partial charge in [-0.3, -0.25) is 4.90 Å². The van der Waals surface area contributed by atoms with Gasteiger partial charge in [0.25, 0.3) is 0 Å². The molecule has 0 bridgehead atoms. The second-order valence-corrected chi connectivity index (χ2v) is 10.9. The average molecular weight is 449 g/mol. The molecule has 2 fully saturated rings. The predicted octanol–water partition coefficient (Wildman–Crippen LogP) is 6.36. The van der Waals surface area contributed by atoms with Gasteiger partial charge in [-0.15, -0.1) is 0 Å². The molecule has 2 atom stereocenters. The van der Waals surface area contributed by atoms with Gasteiger partial charge < -0.3 is 9.64 Å². The highest BCUT2D eigenvalue weighted by Gasteiger charge is 2.43. The third-order valence-electron chi connectivity index (χ3n) is 7.09. The molecule has 0 spiro atoms. The summed E-state index contributed by atoms with van der Waals surface area (Å²) in [5.41, 5.74) is 2.35. The number of nitrogens with zero attached hydrogens (tertiary/aromatic N) is 2. The third kappa shape index (κ3) is 7.33. The Morgan fingerprint density at radius 2 is 1.48 bits per heavy atom. The highest BCUT2D eigenvalue weighted by Crippen LogP contribution is 2.50. The van der Waals surface area contributed by atoms with E-state index >= 15 is 0 Å². The first kappa shape index (κ1) is 23.8. The lowest BCUT2D eigenvalue weighted by Gasteiger charge is -2.33. The number of benzene rings is 2. The van der Waals surface area contributed by atoms with Gasteiger partial charge in [0, 0.05) is 26.2 Å². The molecule has 178 valence electrons. The standard InChI is InChI=1S/C29H40N2O2/c1-29(2,3)33-28(32)31-18-15-25(16-19-31)27-20-26(27)14-17-30(21-23-10-6-4-7-11-23)22-24-12-8-5-9-13-24/h4-13,25-27H,14-22H2,1-3H3/t26-,27+/m0/s1. The minimum Gasteiger partial charge on any atom is -0.444 e. The molecule has 0 N–H and O–H groups in total. The fourth-order valence-corrected chi connectivity index (χ4v) is 5.26. The lowest BCUT2D eigenvalue weighted by atomic mass is 9.90. The van der Waals surface area contributed by atoms with Crippen molar-refractivity contribution in [2.24, 2.45) is 17.8 Å². The van der Waals surface area contributed by atoms with Gasteiger partial charge in [-0.05, 0) is 81.9 Å². The van der Waals surface area contributed by atoms with Crippen molar-refractivity contribution >= 4 is 6.09 Å². The number of likely N-dealkylation sites (tertiary alicyclic amines) is 1. The molecule has 1 saturated carbocycles. The normalized spacial score (nSPS) is 21.3. The first-order valence-electron chi connectivity index (χ1n) is 12.7. The van der Waals surface area contributed by atoms with Crippen molar-refractivity contribution in [1.82, 2.24) is 9.80 Å². The Hall–Kier alpha value is -2.33. The summed E-state index contributed by atoms with van der Waals surface area (Å²) in [5, 5.41) is 0. The predicted molar refractivity (Wildman–Crippen MR) is 134 cm³/mol. The molecule has 2 aromatic rings. The number of ether oxygens (including phenoxy) is 1. The van der Waals surface area contributed by atoms with E-state index in [0.29, 0.717) is 0 Å². The van der Waals surface area contributed by atoms with E-state index in [1.165, 1.54) is 24.0 Å². The van der Waals surface area contributed by atoms with E-state index in [9.17, 15) is 4.79 Å². The van der Waals surface area contributed by atoms with Crippen LogP contribution in [0.3, 0.4) is 0 Å². The molecular weight excluding hydrogens is 408 g/mol. The molecule has 0 radical (unpaired) electrons. The Morgan fingerprint density at radius 1 is 0.939 bits per heavy atom. The van der Waals surface area contributed by atoms with Crippen molar-refractivity contribution in [3.63, 3.8) is 0 Å². The highest BCUT2D eigenvalue weighted by molar-refractivity contribution is 5.68. The summed E-state index contributed by atoms with van der Waals surface area (Å²) in [6, 6.07) is 21.7. The molecule has 1 heterocycles.